The molecule has 0 spiro atoms. The summed E-state index contributed by atoms with van der Waals surface area (Å²) in [6.45, 7) is 4.07. The van der Waals surface area contributed by atoms with E-state index in [0.717, 1.165) is 46.7 Å². The lowest BCUT2D eigenvalue weighted by atomic mass is 10.1. The molecule has 8 nitrogen and oxygen atoms in total. The molecule has 180 valence electrons. The second-order valence-corrected chi connectivity index (χ2v) is 9.18. The third-order valence-corrected chi connectivity index (χ3v) is 7.17. The van der Waals surface area contributed by atoms with Crippen molar-refractivity contribution < 1.29 is 14.8 Å². The van der Waals surface area contributed by atoms with Crippen LogP contribution in [0.3, 0.4) is 0 Å². The highest BCUT2D eigenvalue weighted by molar-refractivity contribution is 7.11. The number of hydrogen-bond donors (Lipinski definition) is 1. The Kier molecular flexibility index (Phi) is 6.07. The van der Waals surface area contributed by atoms with Crippen LogP contribution in [0.5, 0.6) is 5.88 Å². The van der Waals surface area contributed by atoms with Crippen LogP contribution in [0.25, 0.3) is 11.3 Å². The van der Waals surface area contributed by atoms with Gasteiger partial charge in [0.2, 0.25) is 5.88 Å². The SMILES string of the molecule is CCc1ccccc1N=c1sc(C2=c3cc([N+](=O)[O-])ccc3=NC2=O)c(O)n1-c1ccccc1CC. The number of amides is 1. The van der Waals surface area contributed by atoms with Crippen molar-refractivity contribution in [2.24, 2.45) is 9.98 Å². The number of thiazole rings is 1. The van der Waals surface area contributed by atoms with Gasteiger partial charge in [-0.3, -0.25) is 19.5 Å². The number of hydrogen-bond acceptors (Lipinski definition) is 6. The predicted molar refractivity (Wildman–Crippen MR) is 137 cm³/mol. The molecule has 0 fully saturated rings. The fourth-order valence-corrected chi connectivity index (χ4v) is 5.40. The fraction of sp³-hybridized carbons (Fsp3) is 0.148. The highest BCUT2D eigenvalue weighted by atomic mass is 32.1. The molecule has 3 aromatic carbocycles. The van der Waals surface area contributed by atoms with Gasteiger partial charge in [0.25, 0.3) is 11.6 Å². The first-order valence-corrected chi connectivity index (χ1v) is 12.3. The summed E-state index contributed by atoms with van der Waals surface area (Å²) >= 11 is 1.15. The zero-order valence-corrected chi connectivity index (χ0v) is 20.5. The van der Waals surface area contributed by atoms with Gasteiger partial charge in [0, 0.05) is 17.4 Å². The standard InChI is InChI=1S/C27H22N4O4S/c1-3-16-9-5-7-11-20(16)29-27-30(22-12-8-6-10-17(22)4-2)26(33)24(36-27)23-19-15-18(31(34)35)13-14-21(19)28-25(23)32/h5-15,33H,3-4H2,1-2H3. The number of carbonyl (C=O) groups excluding carboxylic acids is 1. The maximum absolute atomic E-state index is 13.0. The van der Waals surface area contributed by atoms with Crippen molar-refractivity contribution in [3.63, 3.8) is 0 Å². The molecular formula is C27H22N4O4S. The molecule has 4 aromatic rings. The number of nitro groups is 1. The predicted octanol–water partition coefficient (Wildman–Crippen LogP) is 3.87. The minimum absolute atomic E-state index is 0.129. The van der Waals surface area contributed by atoms with E-state index < -0.39 is 10.8 Å². The molecular weight excluding hydrogens is 476 g/mol. The summed E-state index contributed by atoms with van der Waals surface area (Å²) in [6, 6.07) is 19.5. The number of nitrogens with zero attached hydrogens (tertiary/aromatic N) is 4. The second-order valence-electron chi connectivity index (χ2n) is 8.20. The van der Waals surface area contributed by atoms with E-state index in [0.29, 0.717) is 15.4 Å². The number of para-hydroxylation sites is 2. The smallest absolute Gasteiger partial charge is 0.279 e. The van der Waals surface area contributed by atoms with E-state index in [9.17, 15) is 20.0 Å². The van der Waals surface area contributed by atoms with Gasteiger partial charge in [-0.2, -0.15) is 0 Å². The van der Waals surface area contributed by atoms with Crippen molar-refractivity contribution in [1.82, 2.24) is 4.57 Å². The minimum atomic E-state index is -0.557. The summed E-state index contributed by atoms with van der Waals surface area (Å²) in [5, 5.41) is 23.6. The molecule has 0 unspecified atom stereocenters. The number of aryl methyl sites for hydroxylation is 2. The van der Waals surface area contributed by atoms with E-state index in [2.05, 4.69) is 4.99 Å². The Balaban J connectivity index is 1.87. The van der Waals surface area contributed by atoms with Crippen molar-refractivity contribution in [2.75, 3.05) is 0 Å². The molecule has 0 aliphatic carbocycles. The lowest BCUT2D eigenvalue weighted by molar-refractivity contribution is -0.385. The van der Waals surface area contributed by atoms with E-state index >= 15 is 0 Å². The Labute approximate surface area is 210 Å². The van der Waals surface area contributed by atoms with Crippen LogP contribution >= 0.6 is 11.3 Å². The molecule has 0 atom stereocenters. The van der Waals surface area contributed by atoms with E-state index in [1.807, 2.05) is 62.4 Å². The Morgan fingerprint density at radius 1 is 1.03 bits per heavy atom. The molecule has 1 aliphatic rings. The number of rotatable bonds is 6. The van der Waals surface area contributed by atoms with Gasteiger partial charge in [-0.05, 0) is 42.2 Å². The van der Waals surface area contributed by atoms with E-state index in [4.69, 9.17) is 4.99 Å². The van der Waals surface area contributed by atoms with Crippen LogP contribution in [0, 0.1) is 10.1 Å². The highest BCUT2D eigenvalue weighted by Gasteiger charge is 2.27. The first-order valence-electron chi connectivity index (χ1n) is 11.5. The van der Waals surface area contributed by atoms with Gasteiger partial charge in [-0.1, -0.05) is 61.6 Å². The molecule has 1 N–H and O–H groups in total. The summed E-state index contributed by atoms with van der Waals surface area (Å²) in [6.07, 6.45) is 1.50. The van der Waals surface area contributed by atoms with Gasteiger partial charge in [-0.15, -0.1) is 0 Å². The van der Waals surface area contributed by atoms with Crippen LogP contribution in [0.1, 0.15) is 29.9 Å². The molecule has 0 bridgehead atoms. The van der Waals surface area contributed by atoms with Gasteiger partial charge in [0.05, 0.1) is 27.2 Å². The molecule has 1 amide bonds. The molecule has 0 saturated carbocycles. The summed E-state index contributed by atoms with van der Waals surface area (Å²) in [4.78, 5) is 33.6. The van der Waals surface area contributed by atoms with Gasteiger partial charge in [0.1, 0.15) is 4.88 Å². The van der Waals surface area contributed by atoms with Crippen molar-refractivity contribution in [1.29, 1.82) is 0 Å². The number of nitro benzene ring substituents is 1. The van der Waals surface area contributed by atoms with Crippen LogP contribution < -0.4 is 15.4 Å². The first kappa shape index (κ1) is 23.4. The van der Waals surface area contributed by atoms with Crippen molar-refractivity contribution in [3.8, 4) is 11.6 Å². The molecule has 0 saturated heterocycles. The van der Waals surface area contributed by atoms with Crippen LogP contribution in [0.2, 0.25) is 0 Å². The zero-order valence-electron chi connectivity index (χ0n) is 19.6. The summed E-state index contributed by atoms with van der Waals surface area (Å²) in [5.74, 6) is -0.718. The maximum atomic E-state index is 13.0. The topological polar surface area (TPSA) is 110 Å². The van der Waals surface area contributed by atoms with E-state index in [1.54, 1.807) is 4.57 Å². The minimum Gasteiger partial charge on any atom is -0.493 e. The normalized spacial score (nSPS) is 13.1. The van der Waals surface area contributed by atoms with Crippen LogP contribution in [-0.2, 0) is 17.6 Å². The van der Waals surface area contributed by atoms with Crippen molar-refractivity contribution in [3.05, 3.63) is 108 Å². The molecule has 1 aliphatic heterocycles. The molecule has 5 rings (SSSR count). The summed E-state index contributed by atoms with van der Waals surface area (Å²) < 4.78 is 1.64. The van der Waals surface area contributed by atoms with E-state index in [-0.39, 0.29) is 22.0 Å². The average Bonchev–Trinajstić information content (AvgIpc) is 3.38. The number of carbonyl (C=O) groups is 1. The average molecular weight is 499 g/mol. The quantitative estimate of drug-likeness (QED) is 0.321. The molecule has 0 radical (unpaired) electrons. The molecule has 9 heteroatoms. The maximum Gasteiger partial charge on any atom is 0.279 e. The Bertz CT molecular complexity index is 1730. The fourth-order valence-electron chi connectivity index (χ4n) is 4.31. The third-order valence-electron chi connectivity index (χ3n) is 6.12. The zero-order chi connectivity index (χ0) is 25.4. The van der Waals surface area contributed by atoms with Crippen molar-refractivity contribution in [2.45, 2.75) is 26.7 Å². The molecule has 2 heterocycles. The van der Waals surface area contributed by atoms with Crippen LogP contribution in [0.15, 0.2) is 76.7 Å². The van der Waals surface area contributed by atoms with Crippen LogP contribution in [-0.4, -0.2) is 20.5 Å². The largest absolute Gasteiger partial charge is 0.493 e. The first-order chi connectivity index (χ1) is 17.4. The lowest BCUT2D eigenvalue weighted by Gasteiger charge is -2.11. The molecule has 36 heavy (non-hydrogen) atoms. The monoisotopic (exact) mass is 498 g/mol. The Morgan fingerprint density at radius 2 is 1.72 bits per heavy atom. The van der Waals surface area contributed by atoms with Crippen LogP contribution in [0.4, 0.5) is 11.4 Å². The summed E-state index contributed by atoms with van der Waals surface area (Å²) in [5.41, 5.74) is 3.52. The number of aromatic nitrogens is 1. The second kappa shape index (κ2) is 9.35. The summed E-state index contributed by atoms with van der Waals surface area (Å²) in [7, 11) is 0. The van der Waals surface area contributed by atoms with Gasteiger partial charge in [-0.25, -0.2) is 9.98 Å². The van der Waals surface area contributed by atoms with E-state index in [1.165, 1.54) is 18.2 Å². The highest BCUT2D eigenvalue weighted by Crippen LogP contribution is 2.32. The van der Waals surface area contributed by atoms with Gasteiger partial charge < -0.3 is 5.11 Å². The number of non-ortho nitro benzene ring substituents is 1. The number of fused-ring (bicyclic) bond motifs is 1. The Hall–Kier alpha value is -4.37. The van der Waals surface area contributed by atoms with Gasteiger partial charge in [0.15, 0.2) is 4.80 Å². The third kappa shape index (κ3) is 3.93. The Morgan fingerprint density at radius 3 is 2.44 bits per heavy atom. The number of benzene rings is 3. The lowest BCUT2D eigenvalue weighted by Crippen LogP contribution is -2.23. The number of aromatic hydroxyl groups is 1. The molecule has 1 aromatic heterocycles. The van der Waals surface area contributed by atoms with Gasteiger partial charge >= 0.3 is 0 Å². The van der Waals surface area contributed by atoms with Crippen molar-refractivity contribution >= 4 is 34.2 Å².